The van der Waals surface area contributed by atoms with Gasteiger partial charge in [-0.15, -0.1) is 0 Å². The molecule has 7 nitrogen and oxygen atoms in total. The first-order chi connectivity index (χ1) is 14.2. The molecule has 1 fully saturated rings. The lowest BCUT2D eigenvalue weighted by Crippen LogP contribution is -2.39. The third-order valence-corrected chi connectivity index (χ3v) is 8.64. The number of carbonyl (C=O) groups excluding carboxylic acids is 2. The first-order valence-corrected chi connectivity index (χ1v) is 12.9. The van der Waals surface area contributed by atoms with Gasteiger partial charge in [0.15, 0.2) is 9.84 Å². The van der Waals surface area contributed by atoms with Gasteiger partial charge in [0, 0.05) is 43.1 Å². The zero-order valence-corrected chi connectivity index (χ0v) is 20.0. The number of halogens is 1. The van der Waals surface area contributed by atoms with Crippen LogP contribution in [0.2, 0.25) is 0 Å². The van der Waals surface area contributed by atoms with Gasteiger partial charge in [-0.25, -0.2) is 8.42 Å². The second-order valence-electron chi connectivity index (χ2n) is 8.27. The van der Waals surface area contributed by atoms with Crippen LogP contribution in [0, 0.1) is 5.92 Å². The number of likely N-dealkylation sites (tertiary alicyclic amines) is 1. The molecular weight excluding hydrogens is 470 g/mol. The molecule has 0 spiro atoms. The average Bonchev–Trinajstić information content (AvgIpc) is 3.10. The van der Waals surface area contributed by atoms with Crippen LogP contribution in [0.5, 0.6) is 0 Å². The standard InChI is InChI=1S/C21H30BrN3O4S/c1-15-3-8-24(9-4-15)11-7-23-21(27)6-12-30(28,29)20-14-19-17(13-18(20)22)5-10-25(19)16(2)26/h13-15H,3-12H2,1-2H3,(H,23,27). The van der Waals surface area contributed by atoms with Gasteiger partial charge in [-0.3, -0.25) is 9.59 Å². The second-order valence-corrected chi connectivity index (χ2v) is 11.2. The summed E-state index contributed by atoms with van der Waals surface area (Å²) in [5.74, 6) is 0.132. The van der Waals surface area contributed by atoms with Crippen molar-refractivity contribution >= 4 is 43.3 Å². The number of fused-ring (bicyclic) bond motifs is 1. The largest absolute Gasteiger partial charge is 0.355 e. The number of hydrogen-bond acceptors (Lipinski definition) is 5. The van der Waals surface area contributed by atoms with Crippen molar-refractivity contribution in [1.82, 2.24) is 10.2 Å². The fourth-order valence-corrected chi connectivity index (χ4v) is 6.47. The van der Waals surface area contributed by atoms with Crippen LogP contribution >= 0.6 is 15.9 Å². The Morgan fingerprint density at radius 1 is 1.20 bits per heavy atom. The Morgan fingerprint density at radius 2 is 1.90 bits per heavy atom. The van der Waals surface area contributed by atoms with Crippen molar-refractivity contribution in [2.75, 3.05) is 43.4 Å². The van der Waals surface area contributed by atoms with E-state index in [1.165, 1.54) is 19.8 Å². The normalized spacial score (nSPS) is 17.8. The van der Waals surface area contributed by atoms with Gasteiger partial charge >= 0.3 is 0 Å². The molecule has 1 saturated heterocycles. The highest BCUT2D eigenvalue weighted by molar-refractivity contribution is 9.10. The number of nitrogens with one attached hydrogen (secondary N) is 1. The lowest BCUT2D eigenvalue weighted by atomic mass is 9.99. The molecule has 9 heteroatoms. The van der Waals surface area contributed by atoms with E-state index in [0.29, 0.717) is 29.7 Å². The molecule has 0 unspecified atom stereocenters. The summed E-state index contributed by atoms with van der Waals surface area (Å²) < 4.78 is 26.2. The topological polar surface area (TPSA) is 86.8 Å². The number of rotatable bonds is 7. The molecule has 2 amide bonds. The third kappa shape index (κ3) is 5.62. The van der Waals surface area contributed by atoms with E-state index in [1.54, 1.807) is 17.0 Å². The molecule has 2 aliphatic rings. The fraction of sp³-hybridized carbons (Fsp3) is 0.619. The van der Waals surface area contributed by atoms with Gasteiger partial charge in [-0.1, -0.05) is 6.92 Å². The minimum atomic E-state index is -3.66. The summed E-state index contributed by atoms with van der Waals surface area (Å²) in [4.78, 5) is 28.0. The van der Waals surface area contributed by atoms with Crippen LogP contribution in [0.3, 0.4) is 0 Å². The summed E-state index contributed by atoms with van der Waals surface area (Å²) in [5.41, 5.74) is 1.59. The number of amides is 2. The van der Waals surface area contributed by atoms with E-state index in [2.05, 4.69) is 33.1 Å². The van der Waals surface area contributed by atoms with Gasteiger partial charge in [0.05, 0.1) is 10.6 Å². The van der Waals surface area contributed by atoms with Crippen LogP contribution in [-0.2, 0) is 25.8 Å². The molecule has 3 rings (SSSR count). The van der Waals surface area contributed by atoms with Gasteiger partial charge in [-0.2, -0.15) is 0 Å². The van der Waals surface area contributed by atoms with Crippen LogP contribution in [0.15, 0.2) is 21.5 Å². The first-order valence-electron chi connectivity index (χ1n) is 10.5. The van der Waals surface area contributed by atoms with Crippen LogP contribution in [0.25, 0.3) is 0 Å². The molecule has 0 atom stereocenters. The van der Waals surface area contributed by atoms with Gasteiger partial charge in [0.1, 0.15) is 0 Å². The highest BCUT2D eigenvalue weighted by Crippen LogP contribution is 2.36. The number of sulfone groups is 1. The predicted molar refractivity (Wildman–Crippen MR) is 120 cm³/mol. The zero-order chi connectivity index (χ0) is 21.9. The van der Waals surface area contributed by atoms with Crippen molar-refractivity contribution in [3.8, 4) is 0 Å². The molecule has 0 radical (unpaired) electrons. The van der Waals surface area contributed by atoms with Crippen molar-refractivity contribution < 1.29 is 18.0 Å². The number of carbonyl (C=O) groups is 2. The highest BCUT2D eigenvalue weighted by Gasteiger charge is 2.27. The van der Waals surface area contributed by atoms with E-state index in [1.807, 2.05) is 0 Å². The van der Waals surface area contributed by atoms with Gasteiger partial charge < -0.3 is 15.1 Å². The summed E-state index contributed by atoms with van der Waals surface area (Å²) in [7, 11) is -3.66. The number of hydrogen-bond donors (Lipinski definition) is 1. The van der Waals surface area contributed by atoms with Crippen molar-refractivity contribution in [3.05, 3.63) is 22.2 Å². The summed E-state index contributed by atoms with van der Waals surface area (Å²) in [6, 6.07) is 3.32. The Bertz CT molecular complexity index is 911. The van der Waals surface area contributed by atoms with E-state index >= 15 is 0 Å². The van der Waals surface area contributed by atoms with Gasteiger partial charge in [-0.05, 0) is 71.9 Å². The summed E-state index contributed by atoms with van der Waals surface area (Å²) in [6.45, 7) is 7.71. The molecule has 2 heterocycles. The zero-order valence-electron chi connectivity index (χ0n) is 17.6. The molecular formula is C21H30BrN3O4S. The van der Waals surface area contributed by atoms with E-state index in [0.717, 1.165) is 31.1 Å². The fourth-order valence-electron chi connectivity index (χ4n) is 4.02. The smallest absolute Gasteiger partial charge is 0.223 e. The molecule has 0 aliphatic carbocycles. The van der Waals surface area contributed by atoms with E-state index in [-0.39, 0.29) is 28.9 Å². The predicted octanol–water partition coefficient (Wildman–Crippen LogP) is 2.37. The van der Waals surface area contributed by atoms with Crippen LogP contribution < -0.4 is 10.2 Å². The monoisotopic (exact) mass is 499 g/mol. The second kappa shape index (κ2) is 9.78. The molecule has 166 valence electrons. The summed E-state index contributed by atoms with van der Waals surface area (Å²) in [5, 5.41) is 2.83. The molecule has 0 saturated carbocycles. The Labute approximate surface area is 187 Å². The maximum atomic E-state index is 12.9. The van der Waals surface area contributed by atoms with Crippen molar-refractivity contribution in [1.29, 1.82) is 0 Å². The maximum Gasteiger partial charge on any atom is 0.223 e. The lowest BCUT2D eigenvalue weighted by Gasteiger charge is -2.30. The van der Waals surface area contributed by atoms with E-state index in [4.69, 9.17) is 0 Å². The number of piperidine rings is 1. The van der Waals surface area contributed by atoms with Gasteiger partial charge in [0.25, 0.3) is 0 Å². The summed E-state index contributed by atoms with van der Waals surface area (Å²) in [6.07, 6.45) is 2.98. The minimum Gasteiger partial charge on any atom is -0.355 e. The Hall–Kier alpha value is -1.45. The molecule has 0 bridgehead atoms. The van der Waals surface area contributed by atoms with Crippen LogP contribution in [0.1, 0.15) is 38.7 Å². The maximum absolute atomic E-state index is 12.9. The highest BCUT2D eigenvalue weighted by atomic mass is 79.9. The minimum absolute atomic E-state index is 0.0840. The van der Waals surface area contributed by atoms with E-state index < -0.39 is 9.84 Å². The SMILES string of the molecule is CC(=O)N1CCc2cc(Br)c(S(=O)(=O)CCC(=O)NCCN3CCC(C)CC3)cc21. The van der Waals surface area contributed by atoms with Gasteiger partial charge in [0.2, 0.25) is 11.8 Å². The Kier molecular flexibility index (Phi) is 7.57. The van der Waals surface area contributed by atoms with Crippen molar-refractivity contribution in [2.24, 2.45) is 5.92 Å². The quantitative estimate of drug-likeness (QED) is 0.622. The first kappa shape index (κ1) is 23.2. The van der Waals surface area contributed by atoms with E-state index in [9.17, 15) is 18.0 Å². The molecule has 1 aromatic carbocycles. The lowest BCUT2D eigenvalue weighted by molar-refractivity contribution is -0.120. The van der Waals surface area contributed by atoms with Crippen molar-refractivity contribution in [3.63, 3.8) is 0 Å². The number of benzene rings is 1. The third-order valence-electron chi connectivity index (χ3n) is 5.97. The molecule has 2 aliphatic heterocycles. The molecule has 30 heavy (non-hydrogen) atoms. The van der Waals surface area contributed by atoms with Crippen LogP contribution in [-0.4, -0.2) is 63.6 Å². The molecule has 0 aromatic heterocycles. The van der Waals surface area contributed by atoms with Crippen molar-refractivity contribution in [2.45, 2.75) is 44.4 Å². The molecule has 1 N–H and O–H groups in total. The summed E-state index contributed by atoms with van der Waals surface area (Å²) >= 11 is 3.35. The number of anilines is 1. The number of nitrogens with zero attached hydrogens (tertiary/aromatic N) is 2. The van der Waals surface area contributed by atoms with Crippen LogP contribution in [0.4, 0.5) is 5.69 Å². The molecule has 1 aromatic rings. The average molecular weight is 500 g/mol. The Morgan fingerprint density at radius 3 is 2.57 bits per heavy atom. The Balaban J connectivity index is 1.54.